The summed E-state index contributed by atoms with van der Waals surface area (Å²) < 4.78 is 17.2. The van der Waals surface area contributed by atoms with E-state index in [-0.39, 0.29) is 18.0 Å². The molecular weight excluding hydrogens is 308 g/mol. The molecule has 6 nitrogen and oxygen atoms in total. The second-order valence-electron chi connectivity index (χ2n) is 6.01. The maximum Gasteiger partial charge on any atom is 0.287 e. The van der Waals surface area contributed by atoms with Crippen molar-refractivity contribution in [3.05, 3.63) is 23.5 Å². The third-order valence-electron chi connectivity index (χ3n) is 4.46. The zero-order valence-corrected chi connectivity index (χ0v) is 14.3. The minimum Gasteiger partial charge on any atom is -0.490 e. The molecule has 24 heavy (non-hydrogen) atoms. The third kappa shape index (κ3) is 2.82. The predicted octanol–water partition coefficient (Wildman–Crippen LogP) is 2.76. The number of furan rings is 1. The Morgan fingerprint density at radius 3 is 2.62 bits per heavy atom. The number of nitrogens with two attached hydrogens (primary N) is 1. The summed E-state index contributed by atoms with van der Waals surface area (Å²) in [5, 5.41) is 3.80. The molecule has 1 amide bonds. The maximum atomic E-state index is 12.5. The van der Waals surface area contributed by atoms with Crippen molar-refractivity contribution in [3.63, 3.8) is 0 Å². The van der Waals surface area contributed by atoms with Gasteiger partial charge in [0.05, 0.1) is 13.2 Å². The Balaban J connectivity index is 1.99. The highest BCUT2D eigenvalue weighted by Crippen LogP contribution is 2.39. The summed E-state index contributed by atoms with van der Waals surface area (Å²) in [5.74, 6) is 1.23. The summed E-state index contributed by atoms with van der Waals surface area (Å²) in [6.07, 6.45) is 1.85. The quantitative estimate of drug-likeness (QED) is 0.849. The highest BCUT2D eigenvalue weighted by Gasteiger charge is 2.31. The van der Waals surface area contributed by atoms with Crippen molar-refractivity contribution in [1.82, 2.24) is 5.32 Å². The Morgan fingerprint density at radius 2 is 2.04 bits per heavy atom. The van der Waals surface area contributed by atoms with Crippen LogP contribution in [0.15, 0.2) is 16.5 Å². The van der Waals surface area contributed by atoms with Gasteiger partial charge in [0.25, 0.3) is 5.91 Å². The van der Waals surface area contributed by atoms with E-state index in [2.05, 4.69) is 5.32 Å². The molecule has 3 rings (SSSR count). The SMILES string of the molecule is CCOc1ccc2c(C)c(C(=O)N[C@H]3CC[C@H]3N)oc2c1OCC. The van der Waals surface area contributed by atoms with Crippen molar-refractivity contribution in [1.29, 1.82) is 0 Å². The molecular formula is C18H24N2O4. The molecule has 3 N–H and O–H groups in total. The van der Waals surface area contributed by atoms with Gasteiger partial charge < -0.3 is 24.9 Å². The van der Waals surface area contributed by atoms with Crippen LogP contribution in [0.4, 0.5) is 0 Å². The largest absolute Gasteiger partial charge is 0.490 e. The van der Waals surface area contributed by atoms with Gasteiger partial charge in [0.1, 0.15) is 0 Å². The lowest BCUT2D eigenvalue weighted by Gasteiger charge is -2.33. The first-order valence-electron chi connectivity index (χ1n) is 8.44. The van der Waals surface area contributed by atoms with Gasteiger partial charge >= 0.3 is 0 Å². The van der Waals surface area contributed by atoms with Crippen LogP contribution in [0.1, 0.15) is 42.8 Å². The summed E-state index contributed by atoms with van der Waals surface area (Å²) in [7, 11) is 0. The van der Waals surface area contributed by atoms with Crippen LogP contribution in [0.5, 0.6) is 11.5 Å². The molecule has 130 valence electrons. The Labute approximate surface area is 141 Å². The molecule has 1 aliphatic carbocycles. The van der Waals surface area contributed by atoms with Gasteiger partial charge in [-0.25, -0.2) is 0 Å². The van der Waals surface area contributed by atoms with E-state index in [1.165, 1.54) is 0 Å². The topological polar surface area (TPSA) is 86.7 Å². The van der Waals surface area contributed by atoms with E-state index in [1.54, 1.807) is 0 Å². The van der Waals surface area contributed by atoms with Crippen LogP contribution in [0.25, 0.3) is 11.0 Å². The Morgan fingerprint density at radius 1 is 1.29 bits per heavy atom. The van der Waals surface area contributed by atoms with E-state index in [4.69, 9.17) is 19.6 Å². The molecule has 0 spiro atoms. The van der Waals surface area contributed by atoms with Crippen molar-refractivity contribution in [2.24, 2.45) is 5.73 Å². The van der Waals surface area contributed by atoms with Crippen LogP contribution in [0.2, 0.25) is 0 Å². The lowest BCUT2D eigenvalue weighted by molar-refractivity contribution is 0.0878. The molecule has 1 saturated carbocycles. The molecule has 1 aliphatic rings. The van der Waals surface area contributed by atoms with E-state index < -0.39 is 0 Å². The van der Waals surface area contributed by atoms with Crippen molar-refractivity contribution in [2.75, 3.05) is 13.2 Å². The molecule has 1 fully saturated rings. The minimum atomic E-state index is -0.232. The monoisotopic (exact) mass is 332 g/mol. The molecule has 2 aromatic rings. The molecule has 0 unspecified atom stereocenters. The van der Waals surface area contributed by atoms with Crippen molar-refractivity contribution in [3.8, 4) is 11.5 Å². The van der Waals surface area contributed by atoms with Gasteiger partial charge in [0, 0.05) is 23.0 Å². The number of fused-ring (bicyclic) bond motifs is 1. The van der Waals surface area contributed by atoms with Crippen LogP contribution >= 0.6 is 0 Å². The molecule has 2 atom stereocenters. The van der Waals surface area contributed by atoms with Crippen LogP contribution in [-0.4, -0.2) is 31.2 Å². The Hall–Kier alpha value is -2.21. The molecule has 1 aromatic carbocycles. The lowest BCUT2D eigenvalue weighted by atomic mass is 9.87. The van der Waals surface area contributed by atoms with Crippen LogP contribution in [0.3, 0.4) is 0 Å². The Kier molecular flexibility index (Phi) is 4.66. The maximum absolute atomic E-state index is 12.5. The first-order chi connectivity index (χ1) is 11.6. The number of carbonyl (C=O) groups excluding carboxylic acids is 1. The zero-order valence-electron chi connectivity index (χ0n) is 14.3. The van der Waals surface area contributed by atoms with Gasteiger partial charge in [-0.05, 0) is 45.7 Å². The molecule has 0 aliphatic heterocycles. The predicted molar refractivity (Wildman–Crippen MR) is 91.8 cm³/mol. The normalized spacial score (nSPS) is 19.8. The van der Waals surface area contributed by atoms with Gasteiger partial charge in [-0.15, -0.1) is 0 Å². The van der Waals surface area contributed by atoms with E-state index in [0.29, 0.717) is 36.1 Å². The minimum absolute atomic E-state index is 0.0236. The standard InChI is InChI=1S/C18H24N2O4/c1-4-22-14-9-6-11-10(3)15(24-16(11)17(14)23-5-2)18(21)20-13-8-7-12(13)19/h6,9,12-13H,4-5,7-8,19H2,1-3H3,(H,20,21)/t12-,13+/m1/s1. The molecule has 0 bridgehead atoms. The van der Waals surface area contributed by atoms with Gasteiger partial charge in [-0.1, -0.05) is 0 Å². The summed E-state index contributed by atoms with van der Waals surface area (Å²) in [6, 6.07) is 3.80. The molecule has 0 radical (unpaired) electrons. The van der Waals surface area contributed by atoms with Gasteiger partial charge in [0.15, 0.2) is 17.1 Å². The number of aryl methyl sites for hydroxylation is 1. The number of carbonyl (C=O) groups is 1. The number of hydrogen-bond donors (Lipinski definition) is 2. The van der Waals surface area contributed by atoms with Crippen molar-refractivity contribution >= 4 is 16.9 Å². The molecule has 0 saturated heterocycles. The summed E-state index contributed by atoms with van der Waals surface area (Å²) in [6.45, 7) is 6.69. The van der Waals surface area contributed by atoms with Gasteiger partial charge in [-0.3, -0.25) is 4.79 Å². The highest BCUT2D eigenvalue weighted by molar-refractivity contribution is 6.01. The average Bonchev–Trinajstić information content (AvgIpc) is 2.91. The number of rotatable bonds is 6. The lowest BCUT2D eigenvalue weighted by Crippen LogP contribution is -2.54. The second kappa shape index (κ2) is 6.73. The first-order valence-corrected chi connectivity index (χ1v) is 8.44. The van der Waals surface area contributed by atoms with Gasteiger partial charge in [-0.2, -0.15) is 0 Å². The molecule has 1 heterocycles. The average molecular weight is 332 g/mol. The number of benzene rings is 1. The van der Waals surface area contributed by atoms with E-state index in [0.717, 1.165) is 23.8 Å². The van der Waals surface area contributed by atoms with Crippen LogP contribution in [0, 0.1) is 6.92 Å². The first kappa shape index (κ1) is 16.6. The summed E-state index contributed by atoms with van der Waals surface area (Å²) in [4.78, 5) is 12.5. The van der Waals surface area contributed by atoms with Crippen molar-refractivity contribution in [2.45, 2.75) is 45.7 Å². The number of hydrogen-bond acceptors (Lipinski definition) is 5. The van der Waals surface area contributed by atoms with E-state index in [9.17, 15) is 4.79 Å². The van der Waals surface area contributed by atoms with Gasteiger partial charge in [0.2, 0.25) is 5.75 Å². The van der Waals surface area contributed by atoms with E-state index >= 15 is 0 Å². The summed E-state index contributed by atoms with van der Waals surface area (Å²) in [5.41, 5.74) is 7.23. The number of ether oxygens (including phenoxy) is 2. The second-order valence-corrected chi connectivity index (χ2v) is 6.01. The Bertz CT molecular complexity index is 753. The van der Waals surface area contributed by atoms with E-state index in [1.807, 2.05) is 32.9 Å². The number of nitrogens with one attached hydrogen (secondary N) is 1. The smallest absolute Gasteiger partial charge is 0.287 e. The van der Waals surface area contributed by atoms with Crippen LogP contribution < -0.4 is 20.5 Å². The van der Waals surface area contributed by atoms with Crippen LogP contribution in [-0.2, 0) is 0 Å². The molecule has 6 heteroatoms. The highest BCUT2D eigenvalue weighted by atomic mass is 16.5. The fourth-order valence-corrected chi connectivity index (χ4v) is 2.95. The molecule has 1 aromatic heterocycles. The fourth-order valence-electron chi connectivity index (χ4n) is 2.95. The fraction of sp³-hybridized carbons (Fsp3) is 0.500. The third-order valence-corrected chi connectivity index (χ3v) is 4.46. The summed E-state index contributed by atoms with van der Waals surface area (Å²) >= 11 is 0. The number of amides is 1. The van der Waals surface area contributed by atoms with Crippen molar-refractivity contribution < 1.29 is 18.7 Å². The zero-order chi connectivity index (χ0) is 17.3.